The van der Waals surface area contributed by atoms with Crippen molar-refractivity contribution in [3.8, 4) is 0 Å². The Kier molecular flexibility index (Phi) is 0.325. The van der Waals surface area contributed by atoms with Gasteiger partial charge in [0, 0.05) is 0 Å². The first-order valence-electron chi connectivity index (χ1n) is 1.53. The lowest BCUT2D eigenvalue weighted by Crippen LogP contribution is -1.85. The van der Waals surface area contributed by atoms with Crippen LogP contribution >= 0.6 is 0 Å². The third-order valence-corrected chi connectivity index (χ3v) is 0.632. The summed E-state index contributed by atoms with van der Waals surface area (Å²) in [5.41, 5.74) is 0.852. The fourth-order valence-electron chi connectivity index (χ4n) is 0.156. The van der Waals surface area contributed by atoms with Crippen LogP contribution < -0.4 is 0 Å². The number of aliphatic imine (C=N–C) groups is 1. The van der Waals surface area contributed by atoms with Gasteiger partial charge in [0.2, 0.25) is 0 Å². The molecule has 1 rings (SSSR count). The summed E-state index contributed by atoms with van der Waals surface area (Å²) in [7, 11) is 0. The molecule has 0 saturated carbocycles. The van der Waals surface area contributed by atoms with Crippen molar-refractivity contribution in [2.45, 2.75) is 13.2 Å². The first kappa shape index (κ1) is 2.85. The minimum atomic E-state index is -0.407. The molecule has 0 aromatic heterocycles. The van der Waals surface area contributed by atoms with Gasteiger partial charge in [-0.05, 0) is 6.92 Å². The molecule has 0 fully saturated rings. The van der Waals surface area contributed by atoms with Crippen molar-refractivity contribution in [2.24, 2.45) is 4.99 Å². The number of hydrogen-bond acceptors (Lipinski definition) is 2. The molecule has 2 nitrogen and oxygen atoms in total. The average molecular weight is 71.1 g/mol. The summed E-state index contributed by atoms with van der Waals surface area (Å²) in [5.74, 6) is 0. The van der Waals surface area contributed by atoms with Gasteiger partial charge in [0.25, 0.3) is 0 Å². The van der Waals surface area contributed by atoms with Crippen LogP contribution in [0.1, 0.15) is 6.92 Å². The van der Waals surface area contributed by atoms with E-state index in [1.54, 1.807) is 6.92 Å². The minimum Gasteiger partial charge on any atom is -0.367 e. The summed E-state index contributed by atoms with van der Waals surface area (Å²) in [4.78, 5) is 3.53. The zero-order valence-electron chi connectivity index (χ0n) is 2.97. The van der Waals surface area contributed by atoms with Crippen molar-refractivity contribution in [1.29, 1.82) is 0 Å². The SMILES string of the molecule is CC1=NC1O. The topological polar surface area (TPSA) is 32.6 Å². The Bertz CT molecular complexity index is 77.0. The van der Waals surface area contributed by atoms with Gasteiger partial charge in [-0.3, -0.25) is 4.99 Å². The monoisotopic (exact) mass is 71.0 g/mol. The summed E-state index contributed by atoms with van der Waals surface area (Å²) in [6.07, 6.45) is -0.407. The number of nitrogens with zero attached hydrogens (tertiary/aromatic N) is 1. The summed E-state index contributed by atoms with van der Waals surface area (Å²) in [6, 6.07) is 0. The molecule has 1 aliphatic heterocycles. The molecular weight excluding hydrogens is 66.0 g/mol. The second kappa shape index (κ2) is 0.571. The molecular formula is C3H5NO. The highest BCUT2D eigenvalue weighted by molar-refractivity contribution is 5.96. The lowest BCUT2D eigenvalue weighted by Gasteiger charge is -1.65. The lowest BCUT2D eigenvalue weighted by atomic mass is 10.5. The molecule has 0 radical (unpaired) electrons. The van der Waals surface area contributed by atoms with E-state index in [0.717, 1.165) is 5.71 Å². The zero-order valence-corrected chi connectivity index (χ0v) is 2.97. The molecule has 0 spiro atoms. The highest BCUT2D eigenvalue weighted by Crippen LogP contribution is 2.03. The number of hydrogen-bond donors (Lipinski definition) is 1. The van der Waals surface area contributed by atoms with Crippen molar-refractivity contribution in [2.75, 3.05) is 0 Å². The van der Waals surface area contributed by atoms with E-state index in [9.17, 15) is 0 Å². The van der Waals surface area contributed by atoms with Crippen molar-refractivity contribution < 1.29 is 5.11 Å². The van der Waals surface area contributed by atoms with Gasteiger partial charge in [0.05, 0.1) is 5.71 Å². The van der Waals surface area contributed by atoms with Crippen LogP contribution in [-0.4, -0.2) is 17.0 Å². The highest BCUT2D eigenvalue weighted by atomic mass is 16.3. The molecule has 2 heteroatoms. The first-order valence-corrected chi connectivity index (χ1v) is 1.53. The van der Waals surface area contributed by atoms with Gasteiger partial charge in [-0.2, -0.15) is 0 Å². The van der Waals surface area contributed by atoms with Gasteiger partial charge in [-0.1, -0.05) is 0 Å². The highest BCUT2D eigenvalue weighted by Gasteiger charge is 2.16. The van der Waals surface area contributed by atoms with Crippen molar-refractivity contribution >= 4 is 5.71 Å². The largest absolute Gasteiger partial charge is 0.367 e. The number of aliphatic hydroxyl groups excluding tert-OH is 1. The maximum atomic E-state index is 8.23. The van der Waals surface area contributed by atoms with E-state index in [1.807, 2.05) is 0 Å². The van der Waals surface area contributed by atoms with Crippen LogP contribution in [0.5, 0.6) is 0 Å². The molecule has 0 bridgehead atoms. The second-order valence-corrected chi connectivity index (χ2v) is 1.14. The predicted octanol–water partition coefficient (Wildman–Crippen LogP) is -0.221. The van der Waals surface area contributed by atoms with E-state index in [4.69, 9.17) is 5.11 Å². The molecule has 5 heavy (non-hydrogen) atoms. The fourth-order valence-corrected chi connectivity index (χ4v) is 0.156. The van der Waals surface area contributed by atoms with Gasteiger partial charge in [0.1, 0.15) is 0 Å². The molecule has 1 unspecified atom stereocenters. The van der Waals surface area contributed by atoms with E-state index in [-0.39, 0.29) is 0 Å². The first-order chi connectivity index (χ1) is 2.30. The van der Waals surface area contributed by atoms with Crippen LogP contribution in [-0.2, 0) is 0 Å². The Balaban J connectivity index is 2.38. The van der Waals surface area contributed by atoms with E-state index >= 15 is 0 Å². The van der Waals surface area contributed by atoms with Crippen molar-refractivity contribution in [3.05, 3.63) is 0 Å². The molecule has 0 aromatic rings. The quantitative estimate of drug-likeness (QED) is 0.420. The van der Waals surface area contributed by atoms with E-state index in [0.29, 0.717) is 0 Å². The Morgan fingerprint density at radius 3 is 2.20 bits per heavy atom. The lowest BCUT2D eigenvalue weighted by molar-refractivity contribution is 0.288. The standard InChI is InChI=1S/C3H5NO/c1-2-3(5)4-2/h3,5H,1H3. The molecule has 0 aromatic carbocycles. The molecule has 0 amide bonds. The van der Waals surface area contributed by atoms with Gasteiger partial charge >= 0.3 is 0 Å². The van der Waals surface area contributed by atoms with Crippen LogP contribution in [0.15, 0.2) is 4.99 Å². The van der Waals surface area contributed by atoms with Crippen LogP contribution in [0, 0.1) is 0 Å². The van der Waals surface area contributed by atoms with Gasteiger partial charge < -0.3 is 5.11 Å². The summed E-state index contributed by atoms with van der Waals surface area (Å²) in [6.45, 7) is 1.80. The third kappa shape index (κ3) is 0.304. The molecule has 1 heterocycles. The number of rotatable bonds is 0. The Hall–Kier alpha value is -0.370. The average Bonchev–Trinajstić information content (AvgIpc) is 1.79. The molecule has 1 N–H and O–H groups in total. The van der Waals surface area contributed by atoms with E-state index in [1.165, 1.54) is 0 Å². The Labute approximate surface area is 30.2 Å². The van der Waals surface area contributed by atoms with Crippen LogP contribution in [0.2, 0.25) is 0 Å². The van der Waals surface area contributed by atoms with Crippen molar-refractivity contribution in [1.82, 2.24) is 0 Å². The van der Waals surface area contributed by atoms with E-state index < -0.39 is 6.23 Å². The van der Waals surface area contributed by atoms with Crippen molar-refractivity contribution in [3.63, 3.8) is 0 Å². The fraction of sp³-hybridized carbons (Fsp3) is 0.667. The van der Waals surface area contributed by atoms with Gasteiger partial charge in [-0.25, -0.2) is 0 Å². The normalized spacial score (nSPS) is 33.2. The zero-order chi connectivity index (χ0) is 3.86. The van der Waals surface area contributed by atoms with Gasteiger partial charge in [-0.15, -0.1) is 0 Å². The maximum absolute atomic E-state index is 8.23. The van der Waals surface area contributed by atoms with E-state index in [2.05, 4.69) is 4.99 Å². The molecule has 0 aliphatic carbocycles. The third-order valence-electron chi connectivity index (χ3n) is 0.632. The molecule has 1 atom stereocenters. The molecule has 0 saturated heterocycles. The van der Waals surface area contributed by atoms with Crippen LogP contribution in [0.4, 0.5) is 0 Å². The predicted molar refractivity (Wildman–Crippen MR) is 19.1 cm³/mol. The summed E-state index contributed by atoms with van der Waals surface area (Å²) < 4.78 is 0. The smallest absolute Gasteiger partial charge is 0.183 e. The minimum absolute atomic E-state index is 0.407. The Morgan fingerprint density at radius 1 is 2.00 bits per heavy atom. The summed E-state index contributed by atoms with van der Waals surface area (Å²) >= 11 is 0. The van der Waals surface area contributed by atoms with Crippen LogP contribution in [0.3, 0.4) is 0 Å². The van der Waals surface area contributed by atoms with Gasteiger partial charge in [0.15, 0.2) is 6.23 Å². The van der Waals surface area contributed by atoms with Crippen LogP contribution in [0.25, 0.3) is 0 Å². The Morgan fingerprint density at radius 2 is 2.20 bits per heavy atom. The molecule has 1 aliphatic rings. The summed E-state index contributed by atoms with van der Waals surface area (Å²) in [5, 5.41) is 8.23. The second-order valence-electron chi connectivity index (χ2n) is 1.14. The number of aliphatic hydroxyl groups is 1. The maximum Gasteiger partial charge on any atom is 0.183 e. The molecule has 28 valence electrons.